The fourth-order valence-electron chi connectivity index (χ4n) is 2.97. The summed E-state index contributed by atoms with van der Waals surface area (Å²) in [6.45, 7) is 8.67. The van der Waals surface area contributed by atoms with E-state index in [1.54, 1.807) is 6.07 Å². The van der Waals surface area contributed by atoms with Gasteiger partial charge >= 0.3 is 0 Å². The number of fused-ring (bicyclic) bond motifs is 1. The van der Waals surface area contributed by atoms with E-state index in [-0.39, 0.29) is 11.7 Å². The predicted octanol–water partition coefficient (Wildman–Crippen LogP) is 4.11. The summed E-state index contributed by atoms with van der Waals surface area (Å²) in [5, 5.41) is 1.19. The second-order valence-electron chi connectivity index (χ2n) is 6.37. The van der Waals surface area contributed by atoms with Crippen molar-refractivity contribution < 1.29 is 9.18 Å². The van der Waals surface area contributed by atoms with E-state index >= 15 is 0 Å². The van der Waals surface area contributed by atoms with Crippen LogP contribution in [0.3, 0.4) is 0 Å². The molecule has 0 unspecified atom stereocenters. The van der Waals surface area contributed by atoms with Crippen LogP contribution in [0.1, 0.15) is 23.5 Å². The molecule has 124 valence electrons. The lowest BCUT2D eigenvalue weighted by molar-refractivity contribution is 0.0629. The highest BCUT2D eigenvalue weighted by atomic mass is 35.5. The van der Waals surface area contributed by atoms with Gasteiger partial charge in [0, 0.05) is 42.8 Å². The third-order valence-corrected chi connectivity index (χ3v) is 5.71. The molecule has 6 heteroatoms. The summed E-state index contributed by atoms with van der Waals surface area (Å²) >= 11 is 7.63. The van der Waals surface area contributed by atoms with Crippen LogP contribution in [0.25, 0.3) is 10.1 Å². The molecule has 0 radical (unpaired) electrons. The minimum absolute atomic E-state index is 0.0409. The summed E-state index contributed by atoms with van der Waals surface area (Å²) in [6, 6.07) is 4.45. The van der Waals surface area contributed by atoms with Crippen LogP contribution in [0, 0.1) is 11.7 Å². The van der Waals surface area contributed by atoms with E-state index in [2.05, 4.69) is 18.7 Å². The molecule has 3 rings (SSSR count). The minimum atomic E-state index is -0.309. The fraction of sp³-hybridized carbons (Fsp3) is 0.471. The molecule has 0 N–H and O–H groups in total. The zero-order valence-electron chi connectivity index (χ0n) is 13.3. The van der Waals surface area contributed by atoms with E-state index in [1.807, 2.05) is 4.90 Å². The number of rotatable bonds is 3. The van der Waals surface area contributed by atoms with Gasteiger partial charge in [-0.05, 0) is 24.1 Å². The molecule has 23 heavy (non-hydrogen) atoms. The van der Waals surface area contributed by atoms with Crippen molar-refractivity contribution in [1.82, 2.24) is 9.80 Å². The van der Waals surface area contributed by atoms with E-state index in [0.717, 1.165) is 29.7 Å². The molecule has 0 aliphatic carbocycles. The van der Waals surface area contributed by atoms with Crippen LogP contribution in [-0.4, -0.2) is 48.4 Å². The highest BCUT2D eigenvalue weighted by Gasteiger charge is 2.26. The largest absolute Gasteiger partial charge is 0.335 e. The van der Waals surface area contributed by atoms with Gasteiger partial charge in [0.25, 0.3) is 5.91 Å². The summed E-state index contributed by atoms with van der Waals surface area (Å²) < 4.78 is 14.1. The number of carbonyl (C=O) groups excluding carboxylic acids is 1. The van der Waals surface area contributed by atoms with E-state index < -0.39 is 0 Å². The van der Waals surface area contributed by atoms with Gasteiger partial charge in [0.1, 0.15) is 10.7 Å². The van der Waals surface area contributed by atoms with Gasteiger partial charge in [-0.3, -0.25) is 9.69 Å². The number of hydrogen-bond donors (Lipinski definition) is 0. The Bertz CT molecular complexity index is 723. The van der Waals surface area contributed by atoms with Gasteiger partial charge in [-0.25, -0.2) is 4.39 Å². The maximum Gasteiger partial charge on any atom is 0.265 e. The number of thiophene rings is 1. The highest BCUT2D eigenvalue weighted by molar-refractivity contribution is 7.21. The average Bonchev–Trinajstić information content (AvgIpc) is 2.83. The van der Waals surface area contributed by atoms with Crippen molar-refractivity contribution in [3.8, 4) is 0 Å². The predicted molar refractivity (Wildman–Crippen MR) is 94.0 cm³/mol. The Labute approximate surface area is 144 Å². The summed E-state index contributed by atoms with van der Waals surface area (Å²) in [7, 11) is 0. The van der Waals surface area contributed by atoms with E-state index in [1.165, 1.54) is 23.5 Å². The van der Waals surface area contributed by atoms with Crippen LogP contribution in [0.2, 0.25) is 5.02 Å². The molecule has 1 aliphatic heterocycles. The molecule has 0 spiro atoms. The van der Waals surface area contributed by atoms with Crippen LogP contribution in [0.4, 0.5) is 4.39 Å². The highest BCUT2D eigenvalue weighted by Crippen LogP contribution is 2.36. The first-order valence-corrected chi connectivity index (χ1v) is 9.04. The Morgan fingerprint density at radius 1 is 1.30 bits per heavy atom. The third kappa shape index (κ3) is 3.52. The van der Waals surface area contributed by atoms with Crippen molar-refractivity contribution in [3.63, 3.8) is 0 Å². The molecule has 2 heterocycles. The Hall–Kier alpha value is -1.17. The summed E-state index contributed by atoms with van der Waals surface area (Å²) in [5.74, 6) is 0.279. The number of piperazine rings is 1. The lowest BCUT2D eigenvalue weighted by atomic mass is 10.2. The van der Waals surface area contributed by atoms with Gasteiger partial charge in [-0.2, -0.15) is 0 Å². The second kappa shape index (κ2) is 6.75. The number of amides is 1. The molecule has 0 atom stereocenters. The first kappa shape index (κ1) is 16.7. The number of carbonyl (C=O) groups is 1. The van der Waals surface area contributed by atoms with Crippen LogP contribution in [0.15, 0.2) is 18.2 Å². The van der Waals surface area contributed by atoms with E-state index in [4.69, 9.17) is 11.6 Å². The molecule has 1 aromatic carbocycles. The van der Waals surface area contributed by atoms with Crippen molar-refractivity contribution >= 4 is 38.9 Å². The molecule has 1 aliphatic rings. The first-order valence-electron chi connectivity index (χ1n) is 7.85. The van der Waals surface area contributed by atoms with Crippen LogP contribution < -0.4 is 0 Å². The quantitative estimate of drug-likeness (QED) is 0.828. The van der Waals surface area contributed by atoms with Gasteiger partial charge < -0.3 is 4.90 Å². The average molecular weight is 355 g/mol. The van der Waals surface area contributed by atoms with Crippen molar-refractivity contribution in [1.29, 1.82) is 0 Å². The van der Waals surface area contributed by atoms with Crippen molar-refractivity contribution in [2.24, 2.45) is 5.92 Å². The number of hydrogen-bond acceptors (Lipinski definition) is 3. The first-order chi connectivity index (χ1) is 11.0. The Morgan fingerprint density at radius 3 is 2.65 bits per heavy atom. The molecule has 2 aromatic rings. The summed E-state index contributed by atoms with van der Waals surface area (Å²) in [4.78, 5) is 17.5. The van der Waals surface area contributed by atoms with Crippen LogP contribution in [-0.2, 0) is 0 Å². The SMILES string of the molecule is CC(C)CN1CCN(C(=O)c2sc3cc(F)ccc3c2Cl)CC1. The summed E-state index contributed by atoms with van der Waals surface area (Å²) in [5.41, 5.74) is 0. The molecule has 0 saturated carbocycles. The van der Waals surface area contributed by atoms with Crippen molar-refractivity contribution in [2.75, 3.05) is 32.7 Å². The molecule has 1 aromatic heterocycles. The van der Waals surface area contributed by atoms with Gasteiger partial charge in [-0.1, -0.05) is 25.4 Å². The Kier molecular flexibility index (Phi) is 4.90. The molecule has 3 nitrogen and oxygen atoms in total. The fourth-order valence-corrected chi connectivity index (χ4v) is 4.47. The Balaban J connectivity index is 1.75. The summed E-state index contributed by atoms with van der Waals surface area (Å²) in [6.07, 6.45) is 0. The third-order valence-electron chi connectivity index (χ3n) is 4.07. The molecular weight excluding hydrogens is 335 g/mol. The monoisotopic (exact) mass is 354 g/mol. The maximum atomic E-state index is 13.3. The standard InChI is InChI=1S/C17H20ClFN2OS/c1-11(2)10-20-5-7-21(8-6-20)17(22)16-15(18)13-4-3-12(19)9-14(13)23-16/h3-4,9,11H,5-8,10H2,1-2H3. The van der Waals surface area contributed by atoms with Crippen LogP contribution >= 0.6 is 22.9 Å². The van der Waals surface area contributed by atoms with Gasteiger partial charge in [0.05, 0.1) is 5.02 Å². The number of nitrogens with zero attached hydrogens (tertiary/aromatic N) is 2. The van der Waals surface area contributed by atoms with Crippen molar-refractivity contribution in [2.45, 2.75) is 13.8 Å². The Morgan fingerprint density at radius 2 is 2.00 bits per heavy atom. The van der Waals surface area contributed by atoms with Gasteiger partial charge in [0.2, 0.25) is 0 Å². The molecule has 0 bridgehead atoms. The van der Waals surface area contributed by atoms with E-state index in [0.29, 0.717) is 28.9 Å². The van der Waals surface area contributed by atoms with Gasteiger partial charge in [0.15, 0.2) is 0 Å². The topological polar surface area (TPSA) is 23.6 Å². The number of benzene rings is 1. The van der Waals surface area contributed by atoms with E-state index in [9.17, 15) is 9.18 Å². The number of halogens is 2. The lowest BCUT2D eigenvalue weighted by Gasteiger charge is -2.35. The zero-order valence-corrected chi connectivity index (χ0v) is 14.9. The minimum Gasteiger partial charge on any atom is -0.335 e. The van der Waals surface area contributed by atoms with Crippen LogP contribution in [0.5, 0.6) is 0 Å². The molecule has 1 fully saturated rings. The molecule has 1 amide bonds. The molecular formula is C17H20ClFN2OS. The molecule has 1 saturated heterocycles. The smallest absolute Gasteiger partial charge is 0.265 e. The zero-order chi connectivity index (χ0) is 16.6. The lowest BCUT2D eigenvalue weighted by Crippen LogP contribution is -2.49. The van der Waals surface area contributed by atoms with Crippen molar-refractivity contribution in [3.05, 3.63) is 33.9 Å². The maximum absolute atomic E-state index is 13.3. The van der Waals surface area contributed by atoms with Gasteiger partial charge in [-0.15, -0.1) is 11.3 Å². The second-order valence-corrected chi connectivity index (χ2v) is 7.80. The normalized spacial score (nSPS) is 16.5.